The lowest BCUT2D eigenvalue weighted by molar-refractivity contribution is -0.888. The van der Waals surface area contributed by atoms with E-state index in [-0.39, 0.29) is 5.91 Å². The molecule has 6 heteroatoms. The molecule has 0 radical (unpaired) electrons. The maximum atomic E-state index is 11.7. The van der Waals surface area contributed by atoms with Gasteiger partial charge in [-0.1, -0.05) is 12.1 Å². The zero-order valence-electron chi connectivity index (χ0n) is 11.6. The van der Waals surface area contributed by atoms with Crippen LogP contribution in [0.25, 0.3) is 0 Å². The number of quaternary nitrogens is 1. The van der Waals surface area contributed by atoms with Crippen LogP contribution in [0.2, 0.25) is 0 Å². The third-order valence-electron chi connectivity index (χ3n) is 3.13. The van der Waals surface area contributed by atoms with Gasteiger partial charge in [-0.2, -0.15) is 16.9 Å². The Balaban J connectivity index is 1.75. The molecule has 1 heterocycles. The van der Waals surface area contributed by atoms with E-state index in [0.29, 0.717) is 6.54 Å². The van der Waals surface area contributed by atoms with Crippen molar-refractivity contribution in [2.24, 2.45) is 5.10 Å². The van der Waals surface area contributed by atoms with Gasteiger partial charge in [-0.15, -0.1) is 11.8 Å². The molecule has 1 aliphatic heterocycles. The Labute approximate surface area is 128 Å². The summed E-state index contributed by atoms with van der Waals surface area (Å²) in [5.74, 6) is 2.28. The smallest absolute Gasteiger partial charge is 0.295 e. The fourth-order valence-corrected chi connectivity index (χ4v) is 3.45. The Morgan fingerprint density at radius 1 is 1.40 bits per heavy atom. The Bertz CT molecular complexity index is 456. The molecule has 1 saturated heterocycles. The van der Waals surface area contributed by atoms with Crippen LogP contribution in [0.15, 0.2) is 34.3 Å². The number of thioether (sulfide) groups is 2. The topological polar surface area (TPSA) is 45.9 Å². The monoisotopic (exact) mass is 310 g/mol. The van der Waals surface area contributed by atoms with Crippen molar-refractivity contribution < 1.29 is 9.69 Å². The SMILES string of the molecule is CSc1ccc(/C=N\NC(=O)C[NH+]2CCSCC2)cc1. The number of nitrogens with zero attached hydrogens (tertiary/aromatic N) is 1. The van der Waals surface area contributed by atoms with Crippen molar-refractivity contribution in [1.82, 2.24) is 5.43 Å². The zero-order chi connectivity index (χ0) is 14.2. The van der Waals surface area contributed by atoms with E-state index in [1.165, 1.54) is 9.80 Å². The quantitative estimate of drug-likeness (QED) is 0.473. The molecular formula is C14H20N3OS2+. The van der Waals surface area contributed by atoms with Gasteiger partial charge in [0.05, 0.1) is 19.3 Å². The number of benzene rings is 1. The molecule has 0 aliphatic carbocycles. The van der Waals surface area contributed by atoms with E-state index in [4.69, 9.17) is 0 Å². The van der Waals surface area contributed by atoms with E-state index in [2.05, 4.69) is 10.5 Å². The largest absolute Gasteiger partial charge is 0.326 e. The van der Waals surface area contributed by atoms with Crippen LogP contribution in [0.1, 0.15) is 5.56 Å². The number of hydrogen-bond donors (Lipinski definition) is 2. The molecule has 4 nitrogen and oxygen atoms in total. The number of hydrazone groups is 1. The van der Waals surface area contributed by atoms with E-state index < -0.39 is 0 Å². The molecule has 0 saturated carbocycles. The minimum Gasteiger partial charge on any atom is -0.326 e. The highest BCUT2D eigenvalue weighted by Gasteiger charge is 2.16. The summed E-state index contributed by atoms with van der Waals surface area (Å²) >= 11 is 3.67. The van der Waals surface area contributed by atoms with Gasteiger partial charge < -0.3 is 4.90 Å². The standard InChI is InChI=1S/C14H19N3OS2/c1-19-13-4-2-12(3-5-13)10-15-16-14(18)11-17-6-8-20-9-7-17/h2-5,10H,6-9,11H2,1H3,(H,16,18)/p+1/b15-10-. The minimum absolute atomic E-state index is 0.0103. The lowest BCUT2D eigenvalue weighted by Crippen LogP contribution is -3.14. The average molecular weight is 310 g/mol. The van der Waals surface area contributed by atoms with Crippen molar-refractivity contribution in [1.29, 1.82) is 0 Å². The fraction of sp³-hybridized carbons (Fsp3) is 0.429. The Kier molecular flexibility index (Phi) is 6.42. The molecule has 0 aromatic heterocycles. The number of nitrogens with one attached hydrogen (secondary N) is 2. The normalized spacial score (nSPS) is 16.4. The molecule has 1 aromatic rings. The molecule has 0 spiro atoms. The lowest BCUT2D eigenvalue weighted by Gasteiger charge is -2.21. The van der Waals surface area contributed by atoms with Crippen LogP contribution in [-0.4, -0.2) is 49.5 Å². The van der Waals surface area contributed by atoms with E-state index in [9.17, 15) is 4.79 Å². The van der Waals surface area contributed by atoms with Gasteiger partial charge in [0.15, 0.2) is 6.54 Å². The molecule has 0 bridgehead atoms. The van der Waals surface area contributed by atoms with Crippen molar-refractivity contribution in [3.05, 3.63) is 29.8 Å². The van der Waals surface area contributed by atoms with Crippen LogP contribution in [0, 0.1) is 0 Å². The van der Waals surface area contributed by atoms with Gasteiger partial charge in [-0.3, -0.25) is 4.79 Å². The van der Waals surface area contributed by atoms with Crippen molar-refractivity contribution in [2.45, 2.75) is 4.90 Å². The second-order valence-corrected chi connectivity index (χ2v) is 6.71. The van der Waals surface area contributed by atoms with Crippen LogP contribution in [0.5, 0.6) is 0 Å². The first kappa shape index (κ1) is 15.4. The van der Waals surface area contributed by atoms with Gasteiger partial charge in [-0.25, -0.2) is 5.43 Å². The predicted octanol–water partition coefficient (Wildman–Crippen LogP) is 0.490. The summed E-state index contributed by atoms with van der Waals surface area (Å²) in [6.07, 6.45) is 3.73. The minimum atomic E-state index is -0.0103. The highest BCUT2D eigenvalue weighted by molar-refractivity contribution is 7.99. The Morgan fingerprint density at radius 3 is 2.75 bits per heavy atom. The third kappa shape index (κ3) is 5.19. The first-order valence-electron chi connectivity index (χ1n) is 6.65. The highest BCUT2D eigenvalue weighted by atomic mass is 32.2. The third-order valence-corrected chi connectivity index (χ3v) is 4.86. The molecule has 1 aromatic carbocycles. The van der Waals surface area contributed by atoms with E-state index in [0.717, 1.165) is 30.2 Å². The molecular weight excluding hydrogens is 290 g/mol. The van der Waals surface area contributed by atoms with Gasteiger partial charge in [0.1, 0.15) is 0 Å². The maximum absolute atomic E-state index is 11.7. The van der Waals surface area contributed by atoms with Gasteiger partial charge in [0.25, 0.3) is 5.91 Å². The second kappa shape index (κ2) is 8.34. The number of carbonyl (C=O) groups excluding carboxylic acids is 1. The summed E-state index contributed by atoms with van der Waals surface area (Å²) in [6, 6.07) is 8.08. The predicted molar refractivity (Wildman–Crippen MR) is 86.8 cm³/mol. The number of rotatable bonds is 5. The molecule has 1 aliphatic rings. The zero-order valence-corrected chi connectivity index (χ0v) is 13.2. The second-order valence-electron chi connectivity index (χ2n) is 4.61. The Hall–Kier alpha value is -0.980. The Morgan fingerprint density at radius 2 is 2.10 bits per heavy atom. The van der Waals surface area contributed by atoms with Gasteiger partial charge in [0, 0.05) is 16.4 Å². The van der Waals surface area contributed by atoms with Crippen molar-refractivity contribution in [3.8, 4) is 0 Å². The summed E-state index contributed by atoms with van der Waals surface area (Å²) in [7, 11) is 0. The van der Waals surface area contributed by atoms with Crippen LogP contribution in [-0.2, 0) is 4.79 Å². The first-order valence-corrected chi connectivity index (χ1v) is 9.03. The van der Waals surface area contributed by atoms with Crippen molar-refractivity contribution in [3.63, 3.8) is 0 Å². The highest BCUT2D eigenvalue weighted by Crippen LogP contribution is 2.13. The van der Waals surface area contributed by atoms with Crippen LogP contribution < -0.4 is 10.3 Å². The summed E-state index contributed by atoms with van der Waals surface area (Å²) in [5.41, 5.74) is 3.60. The molecule has 108 valence electrons. The average Bonchev–Trinajstić information content (AvgIpc) is 2.49. The van der Waals surface area contributed by atoms with Gasteiger partial charge >= 0.3 is 0 Å². The van der Waals surface area contributed by atoms with E-state index in [1.807, 2.05) is 42.3 Å². The van der Waals surface area contributed by atoms with Gasteiger partial charge in [-0.05, 0) is 24.0 Å². The van der Waals surface area contributed by atoms with Crippen molar-refractivity contribution >= 4 is 35.6 Å². The molecule has 0 unspecified atom stereocenters. The summed E-state index contributed by atoms with van der Waals surface area (Å²) < 4.78 is 0. The number of amides is 1. The molecule has 20 heavy (non-hydrogen) atoms. The molecule has 2 N–H and O–H groups in total. The molecule has 0 atom stereocenters. The summed E-state index contributed by atoms with van der Waals surface area (Å²) in [6.45, 7) is 2.65. The van der Waals surface area contributed by atoms with Crippen molar-refractivity contribution in [2.75, 3.05) is 37.4 Å². The lowest BCUT2D eigenvalue weighted by atomic mass is 10.2. The first-order chi connectivity index (χ1) is 9.78. The molecule has 2 rings (SSSR count). The van der Waals surface area contributed by atoms with Crippen LogP contribution in [0.4, 0.5) is 0 Å². The van der Waals surface area contributed by atoms with E-state index >= 15 is 0 Å². The molecule has 1 fully saturated rings. The summed E-state index contributed by atoms with van der Waals surface area (Å²) in [4.78, 5) is 14.3. The van der Waals surface area contributed by atoms with Crippen LogP contribution in [0.3, 0.4) is 0 Å². The number of carbonyl (C=O) groups is 1. The fourth-order valence-electron chi connectivity index (χ4n) is 1.97. The van der Waals surface area contributed by atoms with Crippen LogP contribution >= 0.6 is 23.5 Å². The van der Waals surface area contributed by atoms with Gasteiger partial charge in [0.2, 0.25) is 0 Å². The summed E-state index contributed by atoms with van der Waals surface area (Å²) in [5, 5.41) is 4.01. The number of hydrogen-bond acceptors (Lipinski definition) is 4. The molecule has 1 amide bonds. The van der Waals surface area contributed by atoms with E-state index in [1.54, 1.807) is 18.0 Å². The maximum Gasteiger partial charge on any atom is 0.295 e.